The first kappa shape index (κ1) is 29.9. The summed E-state index contributed by atoms with van der Waals surface area (Å²) in [6.07, 6.45) is 4.74. The number of amides is 2. The van der Waals surface area contributed by atoms with Crippen LogP contribution in [0.2, 0.25) is 10.0 Å². The number of carbonyl (C=O) groups is 2. The van der Waals surface area contributed by atoms with Crippen molar-refractivity contribution in [2.45, 2.75) is 63.1 Å². The van der Waals surface area contributed by atoms with Gasteiger partial charge in [0.05, 0.1) is 0 Å². The Morgan fingerprint density at radius 1 is 0.786 bits per heavy atom. The summed E-state index contributed by atoms with van der Waals surface area (Å²) in [6, 6.07) is 34.8. The summed E-state index contributed by atoms with van der Waals surface area (Å²) in [6.45, 7) is 0.195. The molecule has 4 nitrogen and oxygen atoms in total. The fourth-order valence-electron chi connectivity index (χ4n) is 5.85. The molecule has 0 spiro atoms. The molecular weight excluding hydrogens is 563 g/mol. The lowest BCUT2D eigenvalue weighted by Gasteiger charge is -2.34. The number of hydrogen-bond donors (Lipinski definition) is 1. The van der Waals surface area contributed by atoms with Crippen LogP contribution in [0, 0.1) is 0 Å². The molecule has 216 valence electrons. The molecule has 1 aliphatic carbocycles. The van der Waals surface area contributed by atoms with Crippen LogP contribution >= 0.6 is 23.2 Å². The predicted octanol–water partition coefficient (Wildman–Crippen LogP) is 8.21. The Balaban J connectivity index is 1.53. The summed E-state index contributed by atoms with van der Waals surface area (Å²) in [5, 5.41) is 4.27. The first-order chi connectivity index (χ1) is 20.5. The van der Waals surface area contributed by atoms with Gasteiger partial charge < -0.3 is 10.2 Å². The number of carbonyl (C=O) groups excluding carboxylic acids is 2. The van der Waals surface area contributed by atoms with E-state index in [-0.39, 0.29) is 36.7 Å². The lowest BCUT2D eigenvalue weighted by Crippen LogP contribution is -2.52. The Morgan fingerprint density at radius 3 is 1.93 bits per heavy atom. The van der Waals surface area contributed by atoms with Crippen LogP contribution < -0.4 is 5.32 Å². The zero-order chi connectivity index (χ0) is 29.3. The number of nitrogens with one attached hydrogen (secondary N) is 1. The Bertz CT molecular complexity index is 1420. The highest BCUT2D eigenvalue weighted by Gasteiger charge is 2.34. The van der Waals surface area contributed by atoms with Crippen molar-refractivity contribution in [1.82, 2.24) is 10.2 Å². The molecule has 4 aromatic carbocycles. The van der Waals surface area contributed by atoms with E-state index in [0.717, 1.165) is 47.9 Å². The Labute approximate surface area is 258 Å². The van der Waals surface area contributed by atoms with E-state index in [1.807, 2.05) is 72.8 Å². The number of hydrogen-bond acceptors (Lipinski definition) is 2. The second-order valence-electron chi connectivity index (χ2n) is 11.0. The molecule has 1 saturated carbocycles. The Morgan fingerprint density at radius 2 is 1.36 bits per heavy atom. The van der Waals surface area contributed by atoms with Gasteiger partial charge in [0.25, 0.3) is 0 Å². The third-order valence-electron chi connectivity index (χ3n) is 8.11. The number of rotatable bonds is 11. The average molecular weight is 600 g/mol. The van der Waals surface area contributed by atoms with Gasteiger partial charge in [0.1, 0.15) is 6.04 Å². The minimum atomic E-state index is -0.709. The minimum Gasteiger partial charge on any atom is -0.352 e. The standard InChI is InChI=1S/C36H36Cl2N2O2/c37-30-21-20-29(33(38)23-30)25-40(34(22-26-12-4-1-5-13-26)36(42)39-31-18-10-11-19-31)35(41)24-32(27-14-6-2-7-15-27)28-16-8-3-9-17-28/h1-9,12-17,20-21,23,31-32,34H,10-11,18-19,22,24-25H2,(H,39,42)/t34-/m1/s1. The molecule has 1 aliphatic rings. The topological polar surface area (TPSA) is 49.4 Å². The monoisotopic (exact) mass is 598 g/mol. The maximum Gasteiger partial charge on any atom is 0.243 e. The highest BCUT2D eigenvalue weighted by atomic mass is 35.5. The zero-order valence-corrected chi connectivity index (χ0v) is 25.1. The summed E-state index contributed by atoms with van der Waals surface area (Å²) in [4.78, 5) is 30.3. The largest absolute Gasteiger partial charge is 0.352 e. The molecule has 4 aromatic rings. The smallest absolute Gasteiger partial charge is 0.243 e. The van der Waals surface area contributed by atoms with Gasteiger partial charge in [-0.1, -0.05) is 133 Å². The van der Waals surface area contributed by atoms with Crippen molar-refractivity contribution in [3.05, 3.63) is 141 Å². The van der Waals surface area contributed by atoms with Crippen molar-refractivity contribution in [2.75, 3.05) is 0 Å². The van der Waals surface area contributed by atoms with Gasteiger partial charge in [-0.05, 0) is 47.2 Å². The van der Waals surface area contributed by atoms with Crippen molar-refractivity contribution in [2.24, 2.45) is 0 Å². The van der Waals surface area contributed by atoms with E-state index in [1.54, 1.807) is 17.0 Å². The van der Waals surface area contributed by atoms with Gasteiger partial charge in [-0.2, -0.15) is 0 Å². The normalized spacial score (nSPS) is 14.1. The summed E-state index contributed by atoms with van der Waals surface area (Å²) >= 11 is 12.8. The van der Waals surface area contributed by atoms with Crippen LogP contribution in [0.4, 0.5) is 0 Å². The van der Waals surface area contributed by atoms with Crippen LogP contribution in [0.3, 0.4) is 0 Å². The van der Waals surface area contributed by atoms with Gasteiger partial charge in [-0.25, -0.2) is 0 Å². The van der Waals surface area contributed by atoms with Gasteiger partial charge >= 0.3 is 0 Å². The predicted molar refractivity (Wildman–Crippen MR) is 171 cm³/mol. The highest BCUT2D eigenvalue weighted by Crippen LogP contribution is 2.31. The average Bonchev–Trinajstić information content (AvgIpc) is 3.53. The van der Waals surface area contributed by atoms with Gasteiger partial charge in [-0.15, -0.1) is 0 Å². The first-order valence-corrected chi connectivity index (χ1v) is 15.4. The molecule has 0 unspecified atom stereocenters. The summed E-state index contributed by atoms with van der Waals surface area (Å²) in [5.41, 5.74) is 3.84. The molecular formula is C36H36Cl2N2O2. The maximum absolute atomic E-state index is 14.5. The molecule has 6 heteroatoms. The van der Waals surface area contributed by atoms with Crippen molar-refractivity contribution >= 4 is 35.0 Å². The third kappa shape index (κ3) is 7.81. The molecule has 5 rings (SSSR count). The van der Waals surface area contributed by atoms with Gasteiger partial charge in [0.15, 0.2) is 0 Å². The van der Waals surface area contributed by atoms with Gasteiger partial charge in [0, 0.05) is 41.4 Å². The fraction of sp³-hybridized carbons (Fsp3) is 0.278. The molecule has 0 aromatic heterocycles. The summed E-state index contributed by atoms with van der Waals surface area (Å²) in [7, 11) is 0. The molecule has 1 atom stereocenters. The molecule has 0 radical (unpaired) electrons. The molecule has 1 N–H and O–H groups in total. The van der Waals surface area contributed by atoms with Crippen molar-refractivity contribution < 1.29 is 9.59 Å². The van der Waals surface area contributed by atoms with Crippen LogP contribution in [0.25, 0.3) is 0 Å². The second kappa shape index (κ2) is 14.5. The molecule has 42 heavy (non-hydrogen) atoms. The Kier molecular flexibility index (Phi) is 10.3. The number of halogens is 2. The van der Waals surface area contributed by atoms with E-state index in [9.17, 15) is 9.59 Å². The maximum atomic E-state index is 14.5. The zero-order valence-electron chi connectivity index (χ0n) is 23.6. The Hall–Kier alpha value is -3.60. The number of benzene rings is 4. The van der Waals surface area contributed by atoms with Crippen LogP contribution in [0.15, 0.2) is 109 Å². The van der Waals surface area contributed by atoms with Crippen molar-refractivity contribution in [3.63, 3.8) is 0 Å². The lowest BCUT2D eigenvalue weighted by molar-refractivity contribution is -0.141. The van der Waals surface area contributed by atoms with Crippen LogP contribution in [-0.4, -0.2) is 28.8 Å². The van der Waals surface area contributed by atoms with Crippen LogP contribution in [0.5, 0.6) is 0 Å². The quantitative estimate of drug-likeness (QED) is 0.189. The number of nitrogens with zero attached hydrogens (tertiary/aromatic N) is 1. The lowest BCUT2D eigenvalue weighted by atomic mass is 9.87. The van der Waals surface area contributed by atoms with E-state index in [1.165, 1.54) is 0 Å². The van der Waals surface area contributed by atoms with E-state index in [4.69, 9.17) is 23.2 Å². The van der Waals surface area contributed by atoms with E-state index >= 15 is 0 Å². The van der Waals surface area contributed by atoms with Crippen molar-refractivity contribution in [1.29, 1.82) is 0 Å². The minimum absolute atomic E-state index is 0.110. The van der Waals surface area contributed by atoms with Crippen LogP contribution in [0.1, 0.15) is 60.3 Å². The van der Waals surface area contributed by atoms with E-state index in [0.29, 0.717) is 16.5 Å². The molecule has 2 amide bonds. The third-order valence-corrected chi connectivity index (χ3v) is 8.70. The fourth-order valence-corrected chi connectivity index (χ4v) is 6.31. The summed E-state index contributed by atoms with van der Waals surface area (Å²) in [5.74, 6) is -0.403. The highest BCUT2D eigenvalue weighted by molar-refractivity contribution is 6.35. The van der Waals surface area contributed by atoms with E-state index < -0.39 is 6.04 Å². The van der Waals surface area contributed by atoms with E-state index in [2.05, 4.69) is 29.6 Å². The van der Waals surface area contributed by atoms with Crippen molar-refractivity contribution in [3.8, 4) is 0 Å². The molecule has 0 heterocycles. The SMILES string of the molecule is O=C(NC1CCCC1)[C@@H](Cc1ccccc1)N(Cc1ccc(Cl)cc1Cl)C(=O)CC(c1ccccc1)c1ccccc1. The molecule has 0 aliphatic heterocycles. The second-order valence-corrected chi connectivity index (χ2v) is 11.9. The summed E-state index contributed by atoms with van der Waals surface area (Å²) < 4.78 is 0. The van der Waals surface area contributed by atoms with Gasteiger partial charge in [0.2, 0.25) is 11.8 Å². The van der Waals surface area contributed by atoms with Crippen LogP contribution in [-0.2, 0) is 22.6 Å². The first-order valence-electron chi connectivity index (χ1n) is 14.7. The van der Waals surface area contributed by atoms with Gasteiger partial charge in [-0.3, -0.25) is 9.59 Å². The molecule has 0 saturated heterocycles. The molecule has 0 bridgehead atoms. The molecule has 1 fully saturated rings.